The summed E-state index contributed by atoms with van der Waals surface area (Å²) < 4.78 is 7.14. The SMILES string of the molecule is CCCn1c(SCC(=O)Nc2sc3c(c2C(=O)OC)CCCCCC3)nnc1-c1csc(C)c1. The van der Waals surface area contributed by atoms with Crippen molar-refractivity contribution >= 4 is 51.3 Å². The van der Waals surface area contributed by atoms with Crippen molar-refractivity contribution in [3.8, 4) is 11.4 Å². The Morgan fingerprint density at radius 1 is 1.21 bits per heavy atom. The molecule has 0 aliphatic heterocycles. The summed E-state index contributed by atoms with van der Waals surface area (Å²) in [4.78, 5) is 27.9. The second-order valence-electron chi connectivity index (χ2n) is 8.35. The van der Waals surface area contributed by atoms with E-state index in [4.69, 9.17) is 4.74 Å². The maximum Gasteiger partial charge on any atom is 0.341 e. The Labute approximate surface area is 212 Å². The van der Waals surface area contributed by atoms with Crippen LogP contribution in [0.2, 0.25) is 0 Å². The number of aryl methyl sites for hydroxylation is 2. The number of ether oxygens (including phenoxy) is 1. The van der Waals surface area contributed by atoms with Crippen molar-refractivity contribution in [1.29, 1.82) is 0 Å². The number of nitrogens with zero attached hydrogens (tertiary/aromatic N) is 3. The van der Waals surface area contributed by atoms with E-state index in [1.54, 1.807) is 11.3 Å². The number of rotatable bonds is 8. The van der Waals surface area contributed by atoms with Gasteiger partial charge in [-0.3, -0.25) is 4.79 Å². The Bertz CT molecular complexity index is 1160. The van der Waals surface area contributed by atoms with Crippen LogP contribution in [-0.4, -0.2) is 39.5 Å². The second kappa shape index (κ2) is 11.5. The van der Waals surface area contributed by atoms with Gasteiger partial charge in [0.1, 0.15) is 5.00 Å². The monoisotopic (exact) mass is 518 g/mol. The molecule has 4 rings (SSSR count). The predicted molar refractivity (Wildman–Crippen MR) is 139 cm³/mol. The Morgan fingerprint density at radius 2 is 2.00 bits per heavy atom. The lowest BCUT2D eigenvalue weighted by Crippen LogP contribution is -2.17. The third kappa shape index (κ3) is 5.55. The lowest BCUT2D eigenvalue weighted by Gasteiger charge is -2.11. The van der Waals surface area contributed by atoms with Crippen molar-refractivity contribution in [1.82, 2.24) is 14.8 Å². The molecule has 3 heterocycles. The highest BCUT2D eigenvalue weighted by Gasteiger charge is 2.26. The van der Waals surface area contributed by atoms with Gasteiger partial charge >= 0.3 is 5.97 Å². The van der Waals surface area contributed by atoms with Crippen LogP contribution in [0.15, 0.2) is 16.6 Å². The van der Waals surface area contributed by atoms with Gasteiger partial charge in [0.2, 0.25) is 5.91 Å². The number of esters is 1. The number of hydrogen-bond donors (Lipinski definition) is 1. The van der Waals surface area contributed by atoms with Crippen LogP contribution >= 0.6 is 34.4 Å². The fraction of sp³-hybridized carbons (Fsp3) is 0.500. The van der Waals surface area contributed by atoms with Crippen molar-refractivity contribution < 1.29 is 14.3 Å². The molecule has 0 radical (unpaired) electrons. The van der Waals surface area contributed by atoms with Gasteiger partial charge in [-0.15, -0.1) is 32.9 Å². The number of aromatic nitrogens is 3. The number of fused-ring (bicyclic) bond motifs is 1. The summed E-state index contributed by atoms with van der Waals surface area (Å²) in [5, 5.41) is 15.2. The molecule has 10 heteroatoms. The van der Waals surface area contributed by atoms with E-state index in [0.717, 1.165) is 60.8 Å². The third-order valence-electron chi connectivity index (χ3n) is 5.80. The van der Waals surface area contributed by atoms with Crippen LogP contribution in [0.25, 0.3) is 11.4 Å². The number of methoxy groups -OCH3 is 1. The van der Waals surface area contributed by atoms with E-state index in [0.29, 0.717) is 10.6 Å². The molecule has 0 unspecified atom stereocenters. The van der Waals surface area contributed by atoms with Crippen molar-refractivity contribution in [3.63, 3.8) is 0 Å². The van der Waals surface area contributed by atoms with Gasteiger partial charge in [-0.1, -0.05) is 31.5 Å². The molecule has 7 nitrogen and oxygen atoms in total. The molecule has 0 bridgehead atoms. The van der Waals surface area contributed by atoms with E-state index in [1.807, 2.05) is 0 Å². The van der Waals surface area contributed by atoms with E-state index >= 15 is 0 Å². The average molecular weight is 519 g/mol. The highest BCUT2D eigenvalue weighted by Crippen LogP contribution is 2.38. The van der Waals surface area contributed by atoms with Crippen molar-refractivity contribution in [2.24, 2.45) is 0 Å². The number of thiophene rings is 2. The zero-order valence-electron chi connectivity index (χ0n) is 19.8. The standard InChI is InChI=1S/C24H30N4O3S3/c1-4-11-28-21(16-12-15(2)32-13-16)26-27-24(28)33-14-19(29)25-22-20(23(30)31-3)17-9-7-5-6-8-10-18(17)34-22/h12-13H,4-11,14H2,1-3H3,(H,25,29). The van der Waals surface area contributed by atoms with E-state index in [-0.39, 0.29) is 17.6 Å². The first kappa shape index (κ1) is 24.9. The van der Waals surface area contributed by atoms with Crippen LogP contribution in [-0.2, 0) is 28.9 Å². The molecule has 3 aromatic rings. The minimum absolute atomic E-state index is 0.164. The summed E-state index contributed by atoms with van der Waals surface area (Å²) in [5.74, 6) is 0.483. The highest BCUT2D eigenvalue weighted by atomic mass is 32.2. The quantitative estimate of drug-likeness (QED) is 0.292. The van der Waals surface area contributed by atoms with Crippen molar-refractivity contribution in [3.05, 3.63) is 32.3 Å². The molecule has 0 saturated heterocycles. The number of thioether (sulfide) groups is 1. The largest absolute Gasteiger partial charge is 0.465 e. The van der Waals surface area contributed by atoms with Crippen molar-refractivity contribution in [2.45, 2.75) is 70.5 Å². The van der Waals surface area contributed by atoms with Gasteiger partial charge in [0.15, 0.2) is 11.0 Å². The number of nitrogens with one attached hydrogen (secondary N) is 1. The number of amides is 1. The predicted octanol–water partition coefficient (Wildman–Crippen LogP) is 5.96. The maximum absolute atomic E-state index is 12.9. The van der Waals surface area contributed by atoms with Gasteiger partial charge in [0, 0.05) is 27.2 Å². The van der Waals surface area contributed by atoms with Crippen LogP contribution < -0.4 is 5.32 Å². The summed E-state index contributed by atoms with van der Waals surface area (Å²) in [7, 11) is 1.39. The Kier molecular flexibility index (Phi) is 8.44. The Hall–Kier alpha value is -2.17. The molecule has 34 heavy (non-hydrogen) atoms. The molecule has 1 amide bonds. The molecular formula is C24H30N4O3S3. The van der Waals surface area contributed by atoms with Gasteiger partial charge in [0.25, 0.3) is 0 Å². The van der Waals surface area contributed by atoms with Crippen LogP contribution in [0, 0.1) is 6.92 Å². The summed E-state index contributed by atoms with van der Waals surface area (Å²) in [6.07, 6.45) is 7.27. The van der Waals surface area contributed by atoms with Gasteiger partial charge in [0.05, 0.1) is 18.4 Å². The van der Waals surface area contributed by atoms with Crippen LogP contribution in [0.1, 0.15) is 64.7 Å². The Morgan fingerprint density at radius 3 is 2.71 bits per heavy atom. The molecule has 1 N–H and O–H groups in total. The van der Waals surface area contributed by atoms with Crippen LogP contribution in [0.4, 0.5) is 5.00 Å². The lowest BCUT2D eigenvalue weighted by atomic mass is 9.96. The van der Waals surface area contributed by atoms with Crippen LogP contribution in [0.3, 0.4) is 0 Å². The summed E-state index contributed by atoms with van der Waals surface area (Å²) in [5.41, 5.74) is 2.64. The number of carbonyl (C=O) groups is 2. The molecule has 0 saturated carbocycles. The number of hydrogen-bond acceptors (Lipinski definition) is 8. The van der Waals surface area contributed by atoms with E-state index in [1.165, 1.54) is 52.8 Å². The fourth-order valence-electron chi connectivity index (χ4n) is 4.21. The minimum atomic E-state index is -0.376. The third-order valence-corrected chi connectivity index (χ3v) is 8.83. The molecular weight excluding hydrogens is 488 g/mol. The molecule has 182 valence electrons. The maximum atomic E-state index is 12.9. The lowest BCUT2D eigenvalue weighted by molar-refractivity contribution is -0.113. The summed E-state index contributed by atoms with van der Waals surface area (Å²) >= 11 is 4.57. The molecule has 0 atom stereocenters. The van der Waals surface area contributed by atoms with E-state index in [9.17, 15) is 9.59 Å². The normalized spacial score (nSPS) is 13.7. The smallest absolute Gasteiger partial charge is 0.341 e. The van der Waals surface area contributed by atoms with Crippen molar-refractivity contribution in [2.75, 3.05) is 18.2 Å². The van der Waals surface area contributed by atoms with Gasteiger partial charge in [-0.2, -0.15) is 0 Å². The average Bonchev–Trinajstić information content (AvgIpc) is 3.49. The summed E-state index contributed by atoms with van der Waals surface area (Å²) in [6, 6.07) is 2.11. The first-order valence-corrected chi connectivity index (χ1v) is 14.3. The minimum Gasteiger partial charge on any atom is -0.465 e. The van der Waals surface area contributed by atoms with E-state index in [2.05, 4.69) is 45.4 Å². The zero-order valence-corrected chi connectivity index (χ0v) is 22.3. The second-order valence-corrected chi connectivity index (χ2v) is 11.5. The zero-order chi connectivity index (χ0) is 24.1. The fourth-order valence-corrected chi connectivity index (χ4v) is 6.95. The molecule has 0 spiro atoms. The van der Waals surface area contributed by atoms with Crippen LogP contribution in [0.5, 0.6) is 0 Å². The van der Waals surface area contributed by atoms with E-state index < -0.39 is 0 Å². The van der Waals surface area contributed by atoms with Gasteiger partial charge in [-0.25, -0.2) is 4.79 Å². The van der Waals surface area contributed by atoms with Gasteiger partial charge < -0.3 is 14.6 Å². The highest BCUT2D eigenvalue weighted by molar-refractivity contribution is 7.99. The van der Waals surface area contributed by atoms with Gasteiger partial charge in [-0.05, 0) is 50.7 Å². The molecule has 1 aliphatic rings. The first-order valence-electron chi connectivity index (χ1n) is 11.7. The number of carbonyl (C=O) groups excluding carboxylic acids is 2. The molecule has 0 aromatic carbocycles. The first-order chi connectivity index (χ1) is 16.5. The Balaban J connectivity index is 1.50. The molecule has 3 aromatic heterocycles. The topological polar surface area (TPSA) is 86.1 Å². The summed E-state index contributed by atoms with van der Waals surface area (Å²) in [6.45, 7) is 4.97. The molecule has 1 aliphatic carbocycles. The number of anilines is 1. The molecule has 0 fully saturated rings.